The van der Waals surface area contributed by atoms with E-state index in [4.69, 9.17) is 5.11 Å². The Morgan fingerprint density at radius 1 is 1.20 bits per heavy atom. The van der Waals surface area contributed by atoms with Crippen LogP contribution in [0.5, 0.6) is 0 Å². The summed E-state index contributed by atoms with van der Waals surface area (Å²) in [5, 5.41) is 14.3. The van der Waals surface area contributed by atoms with E-state index in [0.29, 0.717) is 5.56 Å². The van der Waals surface area contributed by atoms with E-state index in [1.807, 2.05) is 32.9 Å². The molecule has 0 aliphatic carbocycles. The molecule has 110 valence electrons. The molecule has 0 radical (unpaired) electrons. The van der Waals surface area contributed by atoms with Crippen LogP contribution in [0.4, 0.5) is 0 Å². The Kier molecular flexibility index (Phi) is 6.18. The fraction of sp³-hybridized carbons (Fsp3) is 0.467. The van der Waals surface area contributed by atoms with E-state index in [-0.39, 0.29) is 36.9 Å². The lowest BCUT2D eigenvalue weighted by Gasteiger charge is -2.19. The van der Waals surface area contributed by atoms with Crippen LogP contribution >= 0.6 is 0 Å². The van der Waals surface area contributed by atoms with Crippen molar-refractivity contribution in [2.45, 2.75) is 26.8 Å². The highest BCUT2D eigenvalue weighted by Crippen LogP contribution is 2.03. The standard InChI is InChI=1S/C15H22N2O3/c1-10-4-6-13(7-5-10)15(20)16-8-14(19)17-12(3)11(2)9-18/h4-7,11-12,18H,8-9H2,1-3H3,(H,16,20)(H,17,19). The van der Waals surface area contributed by atoms with Gasteiger partial charge in [0.1, 0.15) is 0 Å². The zero-order valence-electron chi connectivity index (χ0n) is 12.1. The van der Waals surface area contributed by atoms with Gasteiger partial charge in [-0.25, -0.2) is 0 Å². The number of hydrogen-bond acceptors (Lipinski definition) is 3. The second-order valence-electron chi connectivity index (χ2n) is 5.06. The number of carbonyl (C=O) groups excluding carboxylic acids is 2. The summed E-state index contributed by atoms with van der Waals surface area (Å²) in [4.78, 5) is 23.5. The zero-order chi connectivity index (χ0) is 15.1. The van der Waals surface area contributed by atoms with E-state index in [0.717, 1.165) is 5.56 Å². The van der Waals surface area contributed by atoms with Crippen LogP contribution in [-0.4, -0.2) is 36.1 Å². The van der Waals surface area contributed by atoms with E-state index < -0.39 is 0 Å². The van der Waals surface area contributed by atoms with Gasteiger partial charge in [-0.05, 0) is 31.9 Å². The van der Waals surface area contributed by atoms with Crippen LogP contribution in [0.2, 0.25) is 0 Å². The van der Waals surface area contributed by atoms with Gasteiger partial charge in [-0.15, -0.1) is 0 Å². The minimum absolute atomic E-state index is 0.0111. The maximum absolute atomic E-state index is 11.8. The third-order valence-electron chi connectivity index (χ3n) is 3.25. The summed E-state index contributed by atoms with van der Waals surface area (Å²) in [6.07, 6.45) is 0. The molecule has 0 aromatic heterocycles. The van der Waals surface area contributed by atoms with Crippen LogP contribution in [0.1, 0.15) is 29.8 Å². The van der Waals surface area contributed by atoms with E-state index in [2.05, 4.69) is 10.6 Å². The summed E-state index contributed by atoms with van der Waals surface area (Å²) in [7, 11) is 0. The molecule has 20 heavy (non-hydrogen) atoms. The lowest BCUT2D eigenvalue weighted by molar-refractivity contribution is -0.121. The van der Waals surface area contributed by atoms with E-state index >= 15 is 0 Å². The van der Waals surface area contributed by atoms with Crippen LogP contribution in [0.25, 0.3) is 0 Å². The van der Waals surface area contributed by atoms with Crippen molar-refractivity contribution < 1.29 is 14.7 Å². The molecule has 2 amide bonds. The van der Waals surface area contributed by atoms with Crippen LogP contribution in [-0.2, 0) is 4.79 Å². The smallest absolute Gasteiger partial charge is 0.251 e. The summed E-state index contributed by atoms with van der Waals surface area (Å²) >= 11 is 0. The fourth-order valence-corrected chi connectivity index (χ4v) is 1.57. The second kappa shape index (κ2) is 7.65. The molecule has 1 aromatic rings. The van der Waals surface area contributed by atoms with Crippen molar-refractivity contribution in [3.8, 4) is 0 Å². The Hall–Kier alpha value is -1.88. The van der Waals surface area contributed by atoms with Crippen molar-refractivity contribution in [2.24, 2.45) is 5.92 Å². The highest BCUT2D eigenvalue weighted by atomic mass is 16.3. The molecule has 0 spiro atoms. The average Bonchev–Trinajstić information content (AvgIpc) is 2.44. The number of rotatable bonds is 6. The molecule has 5 heteroatoms. The molecule has 0 bridgehead atoms. The van der Waals surface area contributed by atoms with E-state index in [1.165, 1.54) is 0 Å². The molecule has 0 heterocycles. The highest BCUT2D eigenvalue weighted by molar-refractivity contribution is 5.96. The first kappa shape index (κ1) is 16.2. The summed E-state index contributed by atoms with van der Waals surface area (Å²) in [5.74, 6) is -0.562. The molecule has 0 aliphatic rings. The molecular formula is C15H22N2O3. The number of hydrogen-bond donors (Lipinski definition) is 3. The van der Waals surface area contributed by atoms with Crippen LogP contribution in [0.3, 0.4) is 0 Å². The second-order valence-corrected chi connectivity index (χ2v) is 5.06. The Labute approximate surface area is 119 Å². The molecule has 3 N–H and O–H groups in total. The van der Waals surface area contributed by atoms with Gasteiger partial charge in [0.2, 0.25) is 5.91 Å². The Morgan fingerprint density at radius 2 is 1.80 bits per heavy atom. The summed E-state index contributed by atoms with van der Waals surface area (Å²) in [5.41, 5.74) is 1.60. The molecule has 0 aliphatic heterocycles. The summed E-state index contributed by atoms with van der Waals surface area (Å²) in [6.45, 7) is 5.54. The Bertz CT molecular complexity index is 457. The van der Waals surface area contributed by atoms with Crippen LogP contribution in [0, 0.1) is 12.8 Å². The largest absolute Gasteiger partial charge is 0.396 e. The van der Waals surface area contributed by atoms with Crippen molar-refractivity contribution in [1.29, 1.82) is 0 Å². The third kappa shape index (κ3) is 5.01. The number of benzene rings is 1. The number of aliphatic hydroxyl groups is 1. The minimum Gasteiger partial charge on any atom is -0.396 e. The molecule has 0 saturated carbocycles. The highest BCUT2D eigenvalue weighted by Gasteiger charge is 2.14. The number of nitrogens with one attached hydrogen (secondary N) is 2. The Balaban J connectivity index is 2.41. The number of carbonyl (C=O) groups is 2. The van der Waals surface area contributed by atoms with Crippen molar-refractivity contribution >= 4 is 11.8 Å². The maximum atomic E-state index is 11.8. The predicted octanol–water partition coefficient (Wildman–Crippen LogP) is 0.858. The normalized spacial score (nSPS) is 13.4. The van der Waals surface area contributed by atoms with E-state index in [1.54, 1.807) is 12.1 Å². The molecule has 5 nitrogen and oxygen atoms in total. The minimum atomic E-state index is -0.275. The van der Waals surface area contributed by atoms with Gasteiger partial charge in [0, 0.05) is 18.2 Å². The maximum Gasteiger partial charge on any atom is 0.251 e. The molecule has 2 unspecified atom stereocenters. The van der Waals surface area contributed by atoms with Crippen molar-refractivity contribution in [3.63, 3.8) is 0 Å². The molecule has 0 fully saturated rings. The predicted molar refractivity (Wildman–Crippen MR) is 77.4 cm³/mol. The molecular weight excluding hydrogens is 256 g/mol. The monoisotopic (exact) mass is 278 g/mol. The van der Waals surface area contributed by atoms with Crippen molar-refractivity contribution in [2.75, 3.05) is 13.2 Å². The third-order valence-corrected chi connectivity index (χ3v) is 3.25. The van der Waals surface area contributed by atoms with Crippen molar-refractivity contribution in [1.82, 2.24) is 10.6 Å². The average molecular weight is 278 g/mol. The van der Waals surface area contributed by atoms with Gasteiger partial charge >= 0.3 is 0 Å². The first-order chi connectivity index (χ1) is 9.43. The molecule has 1 aromatic carbocycles. The molecule has 0 saturated heterocycles. The molecule has 1 rings (SSSR count). The SMILES string of the molecule is Cc1ccc(C(=O)NCC(=O)NC(C)C(C)CO)cc1. The number of amides is 2. The lowest BCUT2D eigenvalue weighted by Crippen LogP contribution is -2.43. The first-order valence-corrected chi connectivity index (χ1v) is 6.69. The Morgan fingerprint density at radius 3 is 2.35 bits per heavy atom. The van der Waals surface area contributed by atoms with Crippen LogP contribution in [0.15, 0.2) is 24.3 Å². The van der Waals surface area contributed by atoms with Gasteiger partial charge in [-0.3, -0.25) is 9.59 Å². The van der Waals surface area contributed by atoms with Gasteiger partial charge in [-0.2, -0.15) is 0 Å². The summed E-state index contributed by atoms with van der Waals surface area (Å²) < 4.78 is 0. The van der Waals surface area contributed by atoms with Gasteiger partial charge in [-0.1, -0.05) is 24.6 Å². The number of aliphatic hydroxyl groups excluding tert-OH is 1. The van der Waals surface area contributed by atoms with E-state index in [9.17, 15) is 9.59 Å². The zero-order valence-corrected chi connectivity index (χ0v) is 12.1. The van der Waals surface area contributed by atoms with Crippen LogP contribution < -0.4 is 10.6 Å². The van der Waals surface area contributed by atoms with Gasteiger partial charge in [0.05, 0.1) is 6.54 Å². The van der Waals surface area contributed by atoms with Gasteiger partial charge in [0.15, 0.2) is 0 Å². The lowest BCUT2D eigenvalue weighted by atomic mass is 10.1. The topological polar surface area (TPSA) is 78.4 Å². The number of aryl methyl sites for hydroxylation is 1. The quantitative estimate of drug-likeness (QED) is 0.722. The van der Waals surface area contributed by atoms with Gasteiger partial charge in [0.25, 0.3) is 5.91 Å². The fourth-order valence-electron chi connectivity index (χ4n) is 1.57. The molecule has 2 atom stereocenters. The van der Waals surface area contributed by atoms with Gasteiger partial charge < -0.3 is 15.7 Å². The summed E-state index contributed by atoms with van der Waals surface area (Å²) in [6, 6.07) is 7.00. The first-order valence-electron chi connectivity index (χ1n) is 6.69. The van der Waals surface area contributed by atoms with Crippen molar-refractivity contribution in [3.05, 3.63) is 35.4 Å².